The number of carbonyl (C=O) groups excluding carboxylic acids is 1. The molecule has 0 radical (unpaired) electrons. The average molecular weight is 207 g/mol. The van der Waals surface area contributed by atoms with Crippen LogP contribution in [0.1, 0.15) is 13.3 Å². The van der Waals surface area contributed by atoms with E-state index >= 15 is 0 Å². The van der Waals surface area contributed by atoms with Crippen molar-refractivity contribution in [3.63, 3.8) is 0 Å². The van der Waals surface area contributed by atoms with Gasteiger partial charge in [-0.25, -0.2) is 0 Å². The Morgan fingerprint density at radius 3 is 2.69 bits per heavy atom. The van der Waals surface area contributed by atoms with Crippen LogP contribution in [0.5, 0.6) is 0 Å². The molecular weight excluding hydrogens is 190 g/mol. The Kier molecular flexibility index (Phi) is 6.11. The molecule has 0 spiro atoms. The lowest BCUT2D eigenvalue weighted by Gasteiger charge is -2.20. The summed E-state index contributed by atoms with van der Waals surface area (Å²) in [5, 5.41) is 20.6. The van der Waals surface area contributed by atoms with Gasteiger partial charge in [0.15, 0.2) is 0 Å². The van der Waals surface area contributed by atoms with Gasteiger partial charge in [0.2, 0.25) is 5.91 Å². The Bertz CT molecular complexity index is 161. The zero-order valence-corrected chi connectivity index (χ0v) is 8.86. The monoisotopic (exact) mass is 207 g/mol. The summed E-state index contributed by atoms with van der Waals surface area (Å²) in [6.07, 6.45) is 2.37. The molecule has 5 heteroatoms. The Morgan fingerprint density at radius 2 is 2.23 bits per heavy atom. The van der Waals surface area contributed by atoms with Gasteiger partial charge in [0.05, 0.1) is 6.61 Å². The maximum Gasteiger partial charge on any atom is 0.220 e. The highest BCUT2D eigenvalue weighted by Gasteiger charge is 2.19. The molecule has 0 fully saturated rings. The maximum absolute atomic E-state index is 11.0. The molecule has 0 rings (SSSR count). The van der Waals surface area contributed by atoms with Crippen molar-refractivity contribution in [1.82, 2.24) is 5.32 Å². The van der Waals surface area contributed by atoms with E-state index in [1.165, 1.54) is 6.92 Å². The van der Waals surface area contributed by atoms with Crippen LogP contribution in [0.4, 0.5) is 0 Å². The molecule has 0 aliphatic carbocycles. The molecule has 0 aromatic carbocycles. The van der Waals surface area contributed by atoms with Crippen LogP contribution in [0.2, 0.25) is 0 Å². The van der Waals surface area contributed by atoms with E-state index in [9.17, 15) is 9.90 Å². The first-order valence-electron chi connectivity index (χ1n) is 4.11. The van der Waals surface area contributed by atoms with Crippen LogP contribution < -0.4 is 5.32 Å². The standard InChI is InChI=1S/C8H17NO3S/c1-8(12,6-10)5-9-7(11)3-4-13-2/h10,12H,3-6H2,1-2H3,(H,9,11). The van der Waals surface area contributed by atoms with Gasteiger partial charge >= 0.3 is 0 Å². The minimum Gasteiger partial charge on any atom is -0.393 e. The number of nitrogens with one attached hydrogen (secondary N) is 1. The predicted molar refractivity (Wildman–Crippen MR) is 53.7 cm³/mol. The van der Waals surface area contributed by atoms with Crippen LogP contribution in [-0.4, -0.2) is 46.9 Å². The smallest absolute Gasteiger partial charge is 0.220 e. The minimum atomic E-state index is -1.21. The van der Waals surface area contributed by atoms with Crippen LogP contribution in [0.15, 0.2) is 0 Å². The Balaban J connectivity index is 3.57. The van der Waals surface area contributed by atoms with Crippen molar-refractivity contribution in [2.75, 3.05) is 25.2 Å². The molecular formula is C8H17NO3S. The second-order valence-corrected chi connectivity index (χ2v) is 4.16. The fourth-order valence-electron chi connectivity index (χ4n) is 0.628. The molecule has 1 atom stereocenters. The van der Waals surface area contributed by atoms with Crippen molar-refractivity contribution in [3.05, 3.63) is 0 Å². The van der Waals surface area contributed by atoms with Gasteiger partial charge in [-0.3, -0.25) is 4.79 Å². The molecule has 0 aromatic heterocycles. The van der Waals surface area contributed by atoms with Crippen molar-refractivity contribution < 1.29 is 15.0 Å². The molecule has 1 amide bonds. The van der Waals surface area contributed by atoms with Crippen molar-refractivity contribution in [1.29, 1.82) is 0 Å². The molecule has 4 nitrogen and oxygen atoms in total. The summed E-state index contributed by atoms with van der Waals surface area (Å²) in [6.45, 7) is 1.22. The highest BCUT2D eigenvalue weighted by Crippen LogP contribution is 1.99. The molecule has 0 saturated carbocycles. The molecule has 13 heavy (non-hydrogen) atoms. The van der Waals surface area contributed by atoms with Gasteiger partial charge in [-0.15, -0.1) is 0 Å². The fourth-order valence-corrected chi connectivity index (χ4v) is 1.02. The van der Waals surface area contributed by atoms with E-state index in [1.54, 1.807) is 11.8 Å². The van der Waals surface area contributed by atoms with Gasteiger partial charge in [0, 0.05) is 18.7 Å². The molecule has 78 valence electrons. The first-order chi connectivity index (χ1) is 6.02. The normalized spacial score (nSPS) is 15.1. The van der Waals surface area contributed by atoms with Crippen molar-refractivity contribution in [3.8, 4) is 0 Å². The molecule has 0 aliphatic heterocycles. The zero-order chi connectivity index (χ0) is 10.3. The summed E-state index contributed by atoms with van der Waals surface area (Å²) >= 11 is 1.60. The number of hydrogen-bond donors (Lipinski definition) is 3. The summed E-state index contributed by atoms with van der Waals surface area (Å²) < 4.78 is 0. The van der Waals surface area contributed by atoms with Crippen LogP contribution in [0.3, 0.4) is 0 Å². The van der Waals surface area contributed by atoms with E-state index in [0.717, 1.165) is 5.75 Å². The van der Waals surface area contributed by atoms with E-state index in [-0.39, 0.29) is 19.1 Å². The third-order valence-electron chi connectivity index (χ3n) is 1.54. The van der Waals surface area contributed by atoms with Crippen LogP contribution in [0.25, 0.3) is 0 Å². The molecule has 3 N–H and O–H groups in total. The second kappa shape index (κ2) is 6.23. The lowest BCUT2D eigenvalue weighted by molar-refractivity contribution is -0.122. The molecule has 0 aliphatic rings. The van der Waals surface area contributed by atoms with Crippen LogP contribution in [-0.2, 0) is 4.79 Å². The number of amides is 1. The summed E-state index contributed by atoms with van der Waals surface area (Å²) in [6, 6.07) is 0. The number of hydrogen-bond acceptors (Lipinski definition) is 4. The van der Waals surface area contributed by atoms with E-state index in [1.807, 2.05) is 6.26 Å². The number of aliphatic hydroxyl groups is 2. The second-order valence-electron chi connectivity index (χ2n) is 3.17. The zero-order valence-electron chi connectivity index (χ0n) is 8.04. The van der Waals surface area contributed by atoms with Crippen LogP contribution >= 0.6 is 11.8 Å². The lowest BCUT2D eigenvalue weighted by atomic mass is 10.1. The highest BCUT2D eigenvalue weighted by molar-refractivity contribution is 7.98. The Hall–Kier alpha value is -0.260. The van der Waals surface area contributed by atoms with Gasteiger partial charge in [0.1, 0.15) is 5.60 Å². The van der Waals surface area contributed by atoms with Gasteiger partial charge in [-0.1, -0.05) is 0 Å². The molecule has 0 aromatic rings. The SMILES string of the molecule is CSCCC(=O)NCC(C)(O)CO. The van der Waals surface area contributed by atoms with Gasteiger partial charge < -0.3 is 15.5 Å². The third-order valence-corrected chi connectivity index (χ3v) is 2.15. The number of aliphatic hydroxyl groups excluding tert-OH is 1. The van der Waals surface area contributed by atoms with E-state index in [4.69, 9.17) is 5.11 Å². The lowest BCUT2D eigenvalue weighted by Crippen LogP contribution is -2.43. The van der Waals surface area contributed by atoms with Gasteiger partial charge in [-0.05, 0) is 13.2 Å². The molecule has 0 heterocycles. The van der Waals surface area contributed by atoms with E-state index < -0.39 is 5.60 Å². The van der Waals surface area contributed by atoms with Crippen LogP contribution in [0, 0.1) is 0 Å². The number of thioether (sulfide) groups is 1. The quantitative estimate of drug-likeness (QED) is 0.554. The first-order valence-corrected chi connectivity index (χ1v) is 5.50. The largest absolute Gasteiger partial charge is 0.393 e. The Morgan fingerprint density at radius 1 is 1.62 bits per heavy atom. The van der Waals surface area contributed by atoms with Gasteiger partial charge in [0.25, 0.3) is 0 Å². The summed E-state index contributed by atoms with van der Waals surface area (Å²) in [7, 11) is 0. The molecule has 1 unspecified atom stereocenters. The third kappa shape index (κ3) is 6.86. The predicted octanol–water partition coefficient (Wildman–Crippen LogP) is -0.401. The van der Waals surface area contributed by atoms with Crippen molar-refractivity contribution >= 4 is 17.7 Å². The average Bonchev–Trinajstić information content (AvgIpc) is 2.11. The maximum atomic E-state index is 11.0. The van der Waals surface area contributed by atoms with Gasteiger partial charge in [-0.2, -0.15) is 11.8 Å². The topological polar surface area (TPSA) is 69.6 Å². The van der Waals surface area contributed by atoms with Crippen molar-refractivity contribution in [2.45, 2.75) is 18.9 Å². The summed E-state index contributed by atoms with van der Waals surface area (Å²) in [4.78, 5) is 11.0. The fraction of sp³-hybridized carbons (Fsp3) is 0.875. The van der Waals surface area contributed by atoms with E-state index in [0.29, 0.717) is 6.42 Å². The molecule has 0 bridgehead atoms. The van der Waals surface area contributed by atoms with Crippen molar-refractivity contribution in [2.24, 2.45) is 0 Å². The highest BCUT2D eigenvalue weighted by atomic mass is 32.2. The summed E-state index contributed by atoms with van der Waals surface area (Å²) in [5.74, 6) is 0.677. The molecule has 0 saturated heterocycles. The minimum absolute atomic E-state index is 0.0940. The first kappa shape index (κ1) is 12.7. The number of carbonyl (C=O) groups is 1. The Labute approximate surface area is 82.7 Å². The number of rotatable bonds is 6. The summed E-state index contributed by atoms with van der Waals surface area (Å²) in [5.41, 5.74) is -1.21. The van der Waals surface area contributed by atoms with E-state index in [2.05, 4.69) is 5.32 Å².